The van der Waals surface area contributed by atoms with Crippen LogP contribution in [0.5, 0.6) is 0 Å². The van der Waals surface area contributed by atoms with Crippen LogP contribution < -0.4 is 5.32 Å². The molecule has 1 aliphatic carbocycles. The number of nitrogens with one attached hydrogen (secondary N) is 1. The molecule has 1 saturated heterocycles. The summed E-state index contributed by atoms with van der Waals surface area (Å²) in [5.74, 6) is 0.285. The number of methoxy groups -OCH3 is 1. The number of hydrogen-bond donors (Lipinski definition) is 1. The molecule has 47 heavy (non-hydrogen) atoms. The number of carbonyl (C=O) groups is 3. The molecule has 3 aromatic carbocycles. The molecule has 9 nitrogen and oxygen atoms in total. The molecule has 2 fully saturated rings. The third-order valence-electron chi connectivity index (χ3n) is 9.16. The van der Waals surface area contributed by atoms with Crippen molar-refractivity contribution in [1.29, 1.82) is 0 Å². The van der Waals surface area contributed by atoms with E-state index in [-0.39, 0.29) is 43.9 Å². The molecule has 1 N–H and O–H groups in total. The van der Waals surface area contributed by atoms with Gasteiger partial charge in [-0.2, -0.15) is 0 Å². The van der Waals surface area contributed by atoms with Crippen LogP contribution in [-0.2, 0) is 32.1 Å². The van der Waals surface area contributed by atoms with E-state index in [9.17, 15) is 14.4 Å². The highest BCUT2D eigenvalue weighted by molar-refractivity contribution is 5.88. The molecule has 2 aliphatic rings. The molecular weight excluding hydrogens is 592 g/mol. The second-order valence-electron chi connectivity index (χ2n) is 12.4. The summed E-state index contributed by atoms with van der Waals surface area (Å²) < 4.78 is 10.2. The number of esters is 1. The lowest BCUT2D eigenvalue weighted by molar-refractivity contribution is -0.156. The molecule has 9 heteroatoms. The van der Waals surface area contributed by atoms with Gasteiger partial charge in [-0.25, -0.2) is 14.8 Å². The predicted octanol–water partition coefficient (Wildman–Crippen LogP) is 6.33. The first kappa shape index (κ1) is 31.9. The Morgan fingerprint density at radius 2 is 1.47 bits per heavy atom. The number of rotatable bonds is 10. The largest absolute Gasteiger partial charge is 0.469 e. The number of hydrogen-bond acceptors (Lipinski definition) is 7. The lowest BCUT2D eigenvalue weighted by atomic mass is 9.84. The number of aromatic nitrogens is 2. The Hall–Kier alpha value is -5.05. The molecule has 1 unspecified atom stereocenters. The van der Waals surface area contributed by atoms with Crippen molar-refractivity contribution in [2.24, 2.45) is 5.92 Å². The average molecular weight is 633 g/mol. The van der Waals surface area contributed by atoms with Gasteiger partial charge in [0.1, 0.15) is 12.6 Å². The Kier molecular flexibility index (Phi) is 10.2. The highest BCUT2D eigenvalue weighted by atomic mass is 16.5. The predicted molar refractivity (Wildman–Crippen MR) is 178 cm³/mol. The first-order chi connectivity index (χ1) is 23.0. The summed E-state index contributed by atoms with van der Waals surface area (Å²) in [6.07, 6.45) is 9.80. The van der Waals surface area contributed by atoms with E-state index in [4.69, 9.17) is 9.47 Å². The van der Waals surface area contributed by atoms with Crippen LogP contribution in [0.15, 0.2) is 91.3 Å². The van der Waals surface area contributed by atoms with Crippen LogP contribution in [0.25, 0.3) is 22.5 Å². The van der Waals surface area contributed by atoms with Crippen LogP contribution in [-0.4, -0.2) is 59.1 Å². The average Bonchev–Trinajstić information content (AvgIpc) is 3.11. The van der Waals surface area contributed by atoms with Crippen LogP contribution in [0, 0.1) is 5.92 Å². The zero-order valence-corrected chi connectivity index (χ0v) is 26.6. The minimum atomic E-state index is -0.872. The smallest absolute Gasteiger partial charge is 0.408 e. The fraction of sp³-hybridized carbons (Fsp3) is 0.342. The summed E-state index contributed by atoms with van der Waals surface area (Å²) in [5, 5.41) is 2.74. The number of alkyl carbamates (subject to hydrolysis) is 1. The maximum Gasteiger partial charge on any atom is 0.408 e. The van der Waals surface area contributed by atoms with Gasteiger partial charge in [0.25, 0.3) is 0 Å². The van der Waals surface area contributed by atoms with E-state index in [1.54, 1.807) is 4.90 Å². The summed E-state index contributed by atoms with van der Waals surface area (Å²) in [5.41, 5.74) is 6.01. The number of amides is 2. The number of carbonyl (C=O) groups excluding carboxylic acids is 3. The Bertz CT molecular complexity index is 1650. The third kappa shape index (κ3) is 8.03. The number of nitrogens with zero attached hydrogens (tertiary/aromatic N) is 3. The Labute approximate surface area is 275 Å². The van der Waals surface area contributed by atoms with Gasteiger partial charge in [0.15, 0.2) is 5.82 Å². The minimum absolute atomic E-state index is 0.0843. The second-order valence-corrected chi connectivity index (χ2v) is 12.4. The van der Waals surface area contributed by atoms with E-state index in [1.165, 1.54) is 44.8 Å². The SMILES string of the molecule is COC(=O)C1CN(C(=O)C(Cc2ccc(-c3ncc(-c4ccc(C5CCCCC5)cc4)cn3)cc2)NC(=O)OCc2ccccc2)C1. The quantitative estimate of drug-likeness (QED) is 0.204. The zero-order chi connectivity index (χ0) is 32.6. The van der Waals surface area contributed by atoms with Gasteiger partial charge >= 0.3 is 12.1 Å². The Balaban J connectivity index is 1.09. The van der Waals surface area contributed by atoms with Gasteiger partial charge in [-0.1, -0.05) is 98.1 Å². The lowest BCUT2D eigenvalue weighted by Gasteiger charge is -2.39. The molecule has 2 heterocycles. The van der Waals surface area contributed by atoms with E-state index >= 15 is 0 Å². The van der Waals surface area contributed by atoms with Gasteiger partial charge in [0, 0.05) is 43.0 Å². The van der Waals surface area contributed by atoms with Crippen LogP contribution in [0.2, 0.25) is 0 Å². The summed E-state index contributed by atoms with van der Waals surface area (Å²) in [7, 11) is 1.33. The molecule has 0 radical (unpaired) electrons. The maximum atomic E-state index is 13.4. The summed E-state index contributed by atoms with van der Waals surface area (Å²) in [4.78, 5) is 48.8. The zero-order valence-electron chi connectivity index (χ0n) is 26.6. The molecule has 1 aromatic heterocycles. The van der Waals surface area contributed by atoms with E-state index in [2.05, 4.69) is 39.6 Å². The van der Waals surface area contributed by atoms with Crippen LogP contribution >= 0.6 is 0 Å². The van der Waals surface area contributed by atoms with E-state index in [0.717, 1.165) is 27.8 Å². The monoisotopic (exact) mass is 632 g/mol. The highest BCUT2D eigenvalue weighted by Crippen LogP contribution is 2.33. The Morgan fingerprint density at radius 3 is 2.13 bits per heavy atom. The summed E-state index contributed by atoms with van der Waals surface area (Å²) in [6, 6.07) is 24.9. The maximum absolute atomic E-state index is 13.4. The van der Waals surface area contributed by atoms with Crippen LogP contribution in [0.3, 0.4) is 0 Å². The van der Waals surface area contributed by atoms with Crippen molar-refractivity contribution in [2.75, 3.05) is 20.2 Å². The van der Waals surface area contributed by atoms with Gasteiger partial charge in [0.05, 0.1) is 13.0 Å². The standard InChI is InChI=1S/C38H40N4O5/c1-46-37(44)33-23-42(24-33)36(43)34(41-38(45)47-25-27-8-4-2-5-9-27)20-26-12-14-31(15-13-26)35-39-21-32(22-40-35)30-18-16-29(17-19-30)28-10-6-3-7-11-28/h2,4-5,8-9,12-19,21-22,28,33-34H,3,6-7,10-11,20,23-25H2,1H3,(H,41,45). The number of benzene rings is 3. The second kappa shape index (κ2) is 15.0. The van der Waals surface area contributed by atoms with Crippen LogP contribution in [0.4, 0.5) is 4.79 Å². The molecule has 1 saturated carbocycles. The topological polar surface area (TPSA) is 111 Å². The molecule has 0 bridgehead atoms. The first-order valence-corrected chi connectivity index (χ1v) is 16.3. The van der Waals surface area contributed by atoms with Gasteiger partial charge in [0.2, 0.25) is 5.91 Å². The molecule has 1 atom stereocenters. The van der Waals surface area contributed by atoms with Gasteiger partial charge in [-0.05, 0) is 41.0 Å². The van der Waals surface area contributed by atoms with E-state index < -0.39 is 12.1 Å². The van der Waals surface area contributed by atoms with Crippen molar-refractivity contribution < 1.29 is 23.9 Å². The molecule has 4 aromatic rings. The lowest BCUT2D eigenvalue weighted by Crippen LogP contribution is -2.59. The van der Waals surface area contributed by atoms with Crippen molar-refractivity contribution in [1.82, 2.24) is 20.2 Å². The van der Waals surface area contributed by atoms with E-state index in [0.29, 0.717) is 11.7 Å². The Morgan fingerprint density at radius 1 is 0.809 bits per heavy atom. The molecule has 242 valence electrons. The van der Waals surface area contributed by atoms with Crippen molar-refractivity contribution in [2.45, 2.75) is 57.1 Å². The molecule has 2 amide bonds. The van der Waals surface area contributed by atoms with Crippen LogP contribution in [0.1, 0.15) is 54.7 Å². The van der Waals surface area contributed by atoms with E-state index in [1.807, 2.05) is 67.0 Å². The van der Waals surface area contributed by atoms with Gasteiger partial charge < -0.3 is 19.7 Å². The van der Waals surface area contributed by atoms with Gasteiger partial charge in [-0.3, -0.25) is 9.59 Å². The first-order valence-electron chi connectivity index (χ1n) is 16.3. The fourth-order valence-electron chi connectivity index (χ4n) is 6.34. The van der Waals surface area contributed by atoms with Crippen molar-refractivity contribution in [3.8, 4) is 22.5 Å². The summed E-state index contributed by atoms with van der Waals surface area (Å²) in [6.45, 7) is 0.584. The summed E-state index contributed by atoms with van der Waals surface area (Å²) >= 11 is 0. The molecular formula is C38H40N4O5. The fourth-order valence-corrected chi connectivity index (χ4v) is 6.34. The van der Waals surface area contributed by atoms with Gasteiger partial charge in [-0.15, -0.1) is 0 Å². The van der Waals surface area contributed by atoms with Crippen molar-refractivity contribution in [3.63, 3.8) is 0 Å². The number of likely N-dealkylation sites (tertiary alicyclic amines) is 1. The van der Waals surface area contributed by atoms with Crippen molar-refractivity contribution >= 4 is 18.0 Å². The van der Waals surface area contributed by atoms with Crippen molar-refractivity contribution in [3.05, 3.63) is 108 Å². The molecule has 1 aliphatic heterocycles. The number of ether oxygens (including phenoxy) is 2. The molecule has 6 rings (SSSR count). The molecule has 0 spiro atoms. The normalized spacial score (nSPS) is 15.7. The highest BCUT2D eigenvalue weighted by Gasteiger charge is 2.39. The third-order valence-corrected chi connectivity index (χ3v) is 9.16. The minimum Gasteiger partial charge on any atom is -0.469 e.